The van der Waals surface area contributed by atoms with E-state index in [2.05, 4.69) is 77.8 Å². The first-order valence-corrected chi connectivity index (χ1v) is 13.9. The van der Waals surface area contributed by atoms with Crippen molar-refractivity contribution in [3.05, 3.63) is 87.4 Å². The fourth-order valence-corrected chi connectivity index (χ4v) is 5.77. The van der Waals surface area contributed by atoms with Crippen molar-refractivity contribution in [3.63, 3.8) is 0 Å². The van der Waals surface area contributed by atoms with Crippen molar-refractivity contribution >= 4 is 33.8 Å². The van der Waals surface area contributed by atoms with Crippen LogP contribution in [0.1, 0.15) is 39.3 Å². The minimum absolute atomic E-state index is 0.0764. The highest BCUT2D eigenvalue weighted by Crippen LogP contribution is 2.33. The van der Waals surface area contributed by atoms with Crippen molar-refractivity contribution in [2.45, 2.75) is 31.6 Å². The number of fused-ring (bicyclic) bond motifs is 1. The lowest BCUT2D eigenvalue weighted by molar-refractivity contribution is -0.115. The Hall–Kier alpha value is -2.94. The van der Waals surface area contributed by atoms with Crippen molar-refractivity contribution in [1.29, 1.82) is 0 Å². The number of aromatic amines is 1. The zero-order valence-electron chi connectivity index (χ0n) is 21.4. The molecule has 2 aromatic rings. The number of amides is 2. The van der Waals surface area contributed by atoms with Gasteiger partial charge in [-0.1, -0.05) is 58.4 Å². The monoisotopic (exact) mass is 563 g/mol. The highest BCUT2D eigenvalue weighted by Gasteiger charge is 2.30. The van der Waals surface area contributed by atoms with E-state index in [1.165, 1.54) is 5.56 Å². The van der Waals surface area contributed by atoms with E-state index < -0.39 is 0 Å². The Kier molecular flexibility index (Phi) is 7.79. The van der Waals surface area contributed by atoms with Gasteiger partial charge in [-0.15, -0.1) is 0 Å². The number of halogens is 1. The number of rotatable bonds is 7. The average molecular weight is 565 g/mol. The van der Waals surface area contributed by atoms with E-state index >= 15 is 0 Å². The highest BCUT2D eigenvalue weighted by atomic mass is 79.9. The number of aromatic nitrogens is 1. The summed E-state index contributed by atoms with van der Waals surface area (Å²) in [5, 5.41) is 6.05. The van der Waals surface area contributed by atoms with Crippen LogP contribution in [0.15, 0.2) is 59.3 Å². The summed E-state index contributed by atoms with van der Waals surface area (Å²) in [5.41, 5.74) is 6.87. The van der Waals surface area contributed by atoms with E-state index in [1.807, 2.05) is 26.0 Å². The van der Waals surface area contributed by atoms with Gasteiger partial charge in [0.15, 0.2) is 0 Å². The number of allylic oxidation sites excluding steroid dienone is 3. The van der Waals surface area contributed by atoms with Crippen molar-refractivity contribution < 1.29 is 9.59 Å². The number of benzene rings is 1. The Morgan fingerprint density at radius 2 is 1.86 bits per heavy atom. The molecule has 1 aromatic heterocycles. The summed E-state index contributed by atoms with van der Waals surface area (Å²) < 4.78 is 0. The SMILES string of the molecule is Cc1[nH]c(/C=C2\C(=O)NC3=CCC(Br)C=C32)c(C)c1C(=O)NCCN1CCN(Cc2ccccc2)CC1. The second kappa shape index (κ2) is 11.2. The molecule has 7 nitrogen and oxygen atoms in total. The standard InChI is InChI=1S/C29H34BrN5O2/c1-19-26(17-24-23-16-22(30)8-9-25(23)33-28(24)36)32-20(2)27(19)29(37)31-10-11-34-12-14-35(15-13-34)18-21-6-4-3-5-7-21/h3-7,9,16-17,22,32H,8,10-15,18H2,1-2H3,(H,31,37)(H,33,36)/b24-17-. The van der Waals surface area contributed by atoms with E-state index in [1.54, 1.807) is 0 Å². The lowest BCUT2D eigenvalue weighted by atomic mass is 9.98. The molecule has 5 rings (SSSR count). The smallest absolute Gasteiger partial charge is 0.256 e. The quantitative estimate of drug-likeness (QED) is 0.354. The fraction of sp³-hybridized carbons (Fsp3) is 0.379. The van der Waals surface area contributed by atoms with Gasteiger partial charge in [-0.2, -0.15) is 0 Å². The van der Waals surface area contributed by atoms with Gasteiger partial charge in [0, 0.05) is 73.3 Å². The summed E-state index contributed by atoms with van der Waals surface area (Å²) >= 11 is 3.62. The minimum Gasteiger partial charge on any atom is -0.358 e. The Labute approximate surface area is 226 Å². The molecule has 3 aliphatic rings. The van der Waals surface area contributed by atoms with Crippen LogP contribution < -0.4 is 10.6 Å². The van der Waals surface area contributed by atoms with E-state index in [-0.39, 0.29) is 16.6 Å². The molecule has 3 heterocycles. The van der Waals surface area contributed by atoms with E-state index in [4.69, 9.17) is 0 Å². The number of nitrogens with zero attached hydrogens (tertiary/aromatic N) is 2. The topological polar surface area (TPSA) is 80.5 Å². The van der Waals surface area contributed by atoms with Gasteiger partial charge < -0.3 is 15.6 Å². The molecule has 0 saturated carbocycles. The molecule has 8 heteroatoms. The van der Waals surface area contributed by atoms with Crippen LogP contribution in [-0.4, -0.2) is 70.7 Å². The molecule has 0 spiro atoms. The van der Waals surface area contributed by atoms with Gasteiger partial charge in [0.2, 0.25) is 0 Å². The van der Waals surface area contributed by atoms with Crippen LogP contribution in [0.2, 0.25) is 0 Å². The molecule has 194 valence electrons. The number of alkyl halides is 1. The first kappa shape index (κ1) is 25.7. The first-order valence-electron chi connectivity index (χ1n) is 12.9. The molecule has 2 amide bonds. The maximum atomic E-state index is 13.1. The van der Waals surface area contributed by atoms with Crippen LogP contribution in [0, 0.1) is 13.8 Å². The first-order chi connectivity index (χ1) is 17.9. The zero-order chi connectivity index (χ0) is 25.9. The second-order valence-electron chi connectivity index (χ2n) is 9.98. The third-order valence-electron chi connectivity index (χ3n) is 7.39. The molecule has 1 aromatic carbocycles. The second-order valence-corrected chi connectivity index (χ2v) is 11.2. The maximum Gasteiger partial charge on any atom is 0.256 e. The van der Waals surface area contributed by atoms with Crippen LogP contribution >= 0.6 is 15.9 Å². The van der Waals surface area contributed by atoms with Gasteiger partial charge in [-0.25, -0.2) is 0 Å². The number of hydrogen-bond acceptors (Lipinski definition) is 4. The molecule has 1 atom stereocenters. The normalized spacial score (nSPS) is 21.4. The summed E-state index contributed by atoms with van der Waals surface area (Å²) in [6.07, 6.45) is 6.82. The van der Waals surface area contributed by atoms with Crippen molar-refractivity contribution in [1.82, 2.24) is 25.4 Å². The summed E-state index contributed by atoms with van der Waals surface area (Å²) in [6, 6.07) is 10.6. The Morgan fingerprint density at radius 3 is 2.62 bits per heavy atom. The molecule has 0 bridgehead atoms. The van der Waals surface area contributed by atoms with Gasteiger partial charge in [-0.3, -0.25) is 19.4 Å². The minimum atomic E-state index is -0.111. The predicted octanol–water partition coefficient (Wildman–Crippen LogP) is 3.67. The van der Waals surface area contributed by atoms with Crippen LogP contribution in [0.25, 0.3) is 6.08 Å². The van der Waals surface area contributed by atoms with Gasteiger partial charge >= 0.3 is 0 Å². The Morgan fingerprint density at radius 1 is 1.14 bits per heavy atom. The van der Waals surface area contributed by atoms with Crippen molar-refractivity contribution in [3.8, 4) is 0 Å². The Balaban J connectivity index is 1.16. The average Bonchev–Trinajstić information content (AvgIpc) is 3.35. The molecular weight excluding hydrogens is 530 g/mol. The maximum absolute atomic E-state index is 13.1. The molecule has 1 unspecified atom stereocenters. The van der Waals surface area contributed by atoms with Gasteiger partial charge in [0.05, 0.1) is 11.1 Å². The molecular formula is C29H34BrN5O2. The highest BCUT2D eigenvalue weighted by molar-refractivity contribution is 9.09. The third-order valence-corrected chi connectivity index (χ3v) is 8.03. The van der Waals surface area contributed by atoms with Gasteiger partial charge in [0.1, 0.15) is 0 Å². The number of H-pyrrole nitrogens is 1. The number of nitrogens with one attached hydrogen (secondary N) is 3. The van der Waals surface area contributed by atoms with Crippen molar-refractivity contribution in [2.75, 3.05) is 39.3 Å². The number of carbonyl (C=O) groups is 2. The number of hydrogen-bond donors (Lipinski definition) is 3. The van der Waals surface area contributed by atoms with E-state index in [0.717, 1.165) is 73.9 Å². The van der Waals surface area contributed by atoms with E-state index in [0.29, 0.717) is 17.7 Å². The summed E-state index contributed by atoms with van der Waals surface area (Å²) in [5.74, 6) is -0.187. The van der Waals surface area contributed by atoms with Crippen LogP contribution in [-0.2, 0) is 11.3 Å². The van der Waals surface area contributed by atoms with Crippen LogP contribution in [0.4, 0.5) is 0 Å². The summed E-state index contributed by atoms with van der Waals surface area (Å²) in [6.45, 7) is 10.4. The summed E-state index contributed by atoms with van der Waals surface area (Å²) in [7, 11) is 0. The van der Waals surface area contributed by atoms with Crippen LogP contribution in [0.5, 0.6) is 0 Å². The van der Waals surface area contributed by atoms with Crippen LogP contribution in [0.3, 0.4) is 0 Å². The van der Waals surface area contributed by atoms with Gasteiger partial charge in [0.25, 0.3) is 11.8 Å². The third kappa shape index (κ3) is 5.81. The number of piperazine rings is 1. The Bertz CT molecular complexity index is 1270. The lowest BCUT2D eigenvalue weighted by Crippen LogP contribution is -2.48. The number of carbonyl (C=O) groups excluding carboxylic acids is 2. The molecule has 2 fully saturated rings. The molecule has 2 saturated heterocycles. The molecule has 37 heavy (non-hydrogen) atoms. The predicted molar refractivity (Wildman–Crippen MR) is 150 cm³/mol. The van der Waals surface area contributed by atoms with Gasteiger partial charge in [-0.05, 0) is 37.5 Å². The molecule has 0 radical (unpaired) electrons. The number of aryl methyl sites for hydroxylation is 1. The van der Waals surface area contributed by atoms with E-state index in [9.17, 15) is 9.59 Å². The summed E-state index contributed by atoms with van der Waals surface area (Å²) in [4.78, 5) is 34.1. The molecule has 2 aliphatic heterocycles. The molecule has 1 aliphatic carbocycles. The lowest BCUT2D eigenvalue weighted by Gasteiger charge is -2.34. The zero-order valence-corrected chi connectivity index (χ0v) is 23.0. The largest absolute Gasteiger partial charge is 0.358 e. The molecule has 3 N–H and O–H groups in total. The van der Waals surface area contributed by atoms with Crippen molar-refractivity contribution in [2.24, 2.45) is 0 Å². The fourth-order valence-electron chi connectivity index (χ4n) is 5.32.